The van der Waals surface area contributed by atoms with Crippen LogP contribution in [0.25, 0.3) is 0 Å². The molecule has 1 amide bonds. The molecule has 0 saturated heterocycles. The van der Waals surface area contributed by atoms with E-state index >= 15 is 0 Å². The van der Waals surface area contributed by atoms with Gasteiger partial charge in [-0.05, 0) is 25.5 Å². The van der Waals surface area contributed by atoms with E-state index in [1.54, 1.807) is 6.92 Å². The molecule has 0 aliphatic carbocycles. The summed E-state index contributed by atoms with van der Waals surface area (Å²) in [5.74, 6) is -2.31. The van der Waals surface area contributed by atoms with Crippen LogP contribution in [0, 0.1) is 11.6 Å². The fraction of sp³-hybridized carbons (Fsp3) is 0.444. The number of halogens is 2. The Morgan fingerprint density at radius 2 is 1.96 bits per heavy atom. The molecule has 146 valence electrons. The minimum Gasteiger partial charge on any atom is -0.466 e. The average molecular weight is 380 g/mol. The van der Waals surface area contributed by atoms with Gasteiger partial charge in [0.05, 0.1) is 25.8 Å². The lowest BCUT2D eigenvalue weighted by Crippen LogP contribution is -2.37. The highest BCUT2D eigenvalue weighted by Crippen LogP contribution is 2.13. The number of carbonyl (C=O) groups excluding carboxylic acids is 2. The van der Waals surface area contributed by atoms with E-state index in [4.69, 9.17) is 4.74 Å². The third-order valence-electron chi connectivity index (χ3n) is 3.84. The van der Waals surface area contributed by atoms with Crippen LogP contribution in [0.1, 0.15) is 49.2 Å². The molecule has 1 N–H and O–H groups in total. The molecule has 9 heteroatoms. The standard InChI is InChI=1S/C18H22F2N4O3/c1-3-6-12(9-17(25)27-4-2)21-18(26)16-11-24(23-22-16)10-13-14(19)7-5-8-15(13)20/h5,7-8,11-12H,3-4,6,9-10H2,1-2H3,(H,21,26)/t12-/m0/s1. The zero-order chi connectivity index (χ0) is 19.8. The second-order valence-electron chi connectivity index (χ2n) is 5.97. The third-order valence-corrected chi connectivity index (χ3v) is 3.84. The summed E-state index contributed by atoms with van der Waals surface area (Å²) in [7, 11) is 0. The van der Waals surface area contributed by atoms with Crippen LogP contribution in [0.3, 0.4) is 0 Å². The van der Waals surface area contributed by atoms with Crippen molar-refractivity contribution >= 4 is 11.9 Å². The Bertz CT molecular complexity index is 774. The van der Waals surface area contributed by atoms with Gasteiger partial charge in [-0.1, -0.05) is 24.6 Å². The zero-order valence-electron chi connectivity index (χ0n) is 15.2. The van der Waals surface area contributed by atoms with E-state index in [0.717, 1.165) is 18.6 Å². The lowest BCUT2D eigenvalue weighted by atomic mass is 10.1. The summed E-state index contributed by atoms with van der Waals surface area (Å²) < 4.78 is 33.5. The van der Waals surface area contributed by atoms with Crippen LogP contribution in [0.4, 0.5) is 8.78 Å². The van der Waals surface area contributed by atoms with Gasteiger partial charge >= 0.3 is 5.97 Å². The van der Waals surface area contributed by atoms with Crippen molar-refractivity contribution in [2.75, 3.05) is 6.61 Å². The molecule has 0 unspecified atom stereocenters. The smallest absolute Gasteiger partial charge is 0.307 e. The second-order valence-corrected chi connectivity index (χ2v) is 5.97. The van der Waals surface area contributed by atoms with E-state index < -0.39 is 29.6 Å². The number of nitrogens with one attached hydrogen (secondary N) is 1. The van der Waals surface area contributed by atoms with Crippen LogP contribution in [0.15, 0.2) is 24.4 Å². The Morgan fingerprint density at radius 3 is 2.59 bits per heavy atom. The molecule has 0 aliphatic heterocycles. The first kappa shape index (κ1) is 20.5. The minimum absolute atomic E-state index is 0.00305. The maximum atomic E-state index is 13.7. The largest absolute Gasteiger partial charge is 0.466 e. The highest BCUT2D eigenvalue weighted by atomic mass is 19.1. The van der Waals surface area contributed by atoms with E-state index in [1.165, 1.54) is 16.9 Å². The second kappa shape index (κ2) is 9.75. The topological polar surface area (TPSA) is 86.1 Å². The Labute approximate surface area is 155 Å². The van der Waals surface area contributed by atoms with Gasteiger partial charge in [-0.2, -0.15) is 0 Å². The monoisotopic (exact) mass is 380 g/mol. The van der Waals surface area contributed by atoms with E-state index in [9.17, 15) is 18.4 Å². The third kappa shape index (κ3) is 5.83. The van der Waals surface area contributed by atoms with Gasteiger partial charge in [0.1, 0.15) is 11.6 Å². The number of amides is 1. The van der Waals surface area contributed by atoms with Crippen LogP contribution in [0.5, 0.6) is 0 Å². The molecular formula is C18H22F2N4O3. The van der Waals surface area contributed by atoms with Crippen LogP contribution in [-0.2, 0) is 16.1 Å². The SMILES string of the molecule is CCC[C@@H](CC(=O)OCC)NC(=O)c1cn(Cc2c(F)cccc2F)nn1. The molecular weight excluding hydrogens is 358 g/mol. The molecule has 0 bridgehead atoms. The number of hydrogen-bond donors (Lipinski definition) is 1. The van der Waals surface area contributed by atoms with Crippen molar-refractivity contribution in [3.63, 3.8) is 0 Å². The van der Waals surface area contributed by atoms with Crippen LogP contribution >= 0.6 is 0 Å². The van der Waals surface area contributed by atoms with Crippen molar-refractivity contribution in [3.05, 3.63) is 47.3 Å². The van der Waals surface area contributed by atoms with Crippen molar-refractivity contribution in [2.24, 2.45) is 0 Å². The summed E-state index contributed by atoms with van der Waals surface area (Å²) in [5.41, 5.74) is -0.169. The first-order valence-corrected chi connectivity index (χ1v) is 8.74. The molecule has 0 fully saturated rings. The predicted molar refractivity (Wildman–Crippen MR) is 92.9 cm³/mol. The van der Waals surface area contributed by atoms with Gasteiger partial charge in [0.15, 0.2) is 5.69 Å². The highest BCUT2D eigenvalue weighted by molar-refractivity contribution is 5.92. The fourth-order valence-electron chi connectivity index (χ4n) is 2.58. The Hall–Kier alpha value is -2.84. The lowest BCUT2D eigenvalue weighted by molar-refractivity contribution is -0.143. The van der Waals surface area contributed by atoms with E-state index in [1.807, 2.05) is 6.92 Å². The summed E-state index contributed by atoms with van der Waals surface area (Å²) in [4.78, 5) is 24.0. The Morgan fingerprint density at radius 1 is 1.26 bits per heavy atom. The van der Waals surface area contributed by atoms with Crippen LogP contribution in [-0.4, -0.2) is 39.5 Å². The van der Waals surface area contributed by atoms with Gasteiger partial charge in [-0.15, -0.1) is 5.10 Å². The van der Waals surface area contributed by atoms with E-state index in [0.29, 0.717) is 6.42 Å². The van der Waals surface area contributed by atoms with Crippen molar-refractivity contribution < 1.29 is 23.1 Å². The normalized spacial score (nSPS) is 11.9. The lowest BCUT2D eigenvalue weighted by Gasteiger charge is -2.16. The number of nitrogens with zero attached hydrogens (tertiary/aromatic N) is 3. The fourth-order valence-corrected chi connectivity index (χ4v) is 2.58. The van der Waals surface area contributed by atoms with Gasteiger partial charge in [-0.25, -0.2) is 13.5 Å². The van der Waals surface area contributed by atoms with Gasteiger partial charge in [0, 0.05) is 11.6 Å². The summed E-state index contributed by atoms with van der Waals surface area (Å²) >= 11 is 0. The molecule has 7 nitrogen and oxygen atoms in total. The number of hydrogen-bond acceptors (Lipinski definition) is 5. The number of aromatic nitrogens is 3. The molecule has 1 aromatic heterocycles. The molecule has 0 saturated carbocycles. The number of benzene rings is 1. The Balaban J connectivity index is 2.03. The maximum Gasteiger partial charge on any atom is 0.307 e. The summed E-state index contributed by atoms with van der Waals surface area (Å²) in [6.45, 7) is 3.72. The van der Waals surface area contributed by atoms with Crippen LogP contribution in [0.2, 0.25) is 0 Å². The highest BCUT2D eigenvalue weighted by Gasteiger charge is 2.20. The number of carbonyl (C=O) groups is 2. The zero-order valence-corrected chi connectivity index (χ0v) is 15.2. The van der Waals surface area contributed by atoms with Crippen molar-refractivity contribution in [1.29, 1.82) is 0 Å². The Kier molecular flexibility index (Phi) is 7.39. The predicted octanol–water partition coefficient (Wildman–Crippen LogP) is 2.46. The van der Waals surface area contributed by atoms with Crippen LogP contribution < -0.4 is 5.32 Å². The molecule has 27 heavy (non-hydrogen) atoms. The summed E-state index contributed by atoms with van der Waals surface area (Å²) in [5, 5.41) is 10.2. The molecule has 0 spiro atoms. The van der Waals surface area contributed by atoms with E-state index in [2.05, 4.69) is 15.6 Å². The molecule has 0 radical (unpaired) electrons. The van der Waals surface area contributed by atoms with Gasteiger partial charge in [0.25, 0.3) is 5.91 Å². The molecule has 0 aliphatic rings. The molecule has 1 heterocycles. The van der Waals surface area contributed by atoms with E-state index in [-0.39, 0.29) is 30.8 Å². The molecule has 1 atom stereocenters. The molecule has 1 aromatic carbocycles. The average Bonchev–Trinajstić information content (AvgIpc) is 3.07. The first-order valence-electron chi connectivity index (χ1n) is 8.74. The molecule has 2 rings (SSSR count). The quantitative estimate of drug-likeness (QED) is 0.676. The van der Waals surface area contributed by atoms with Crippen molar-refractivity contribution in [1.82, 2.24) is 20.3 Å². The minimum atomic E-state index is -0.700. The first-order chi connectivity index (χ1) is 12.9. The van der Waals surface area contributed by atoms with Gasteiger partial charge < -0.3 is 10.1 Å². The van der Waals surface area contributed by atoms with Crippen molar-refractivity contribution in [3.8, 4) is 0 Å². The summed E-state index contributed by atoms with van der Waals surface area (Å²) in [6.07, 6.45) is 2.72. The van der Waals surface area contributed by atoms with Crippen molar-refractivity contribution in [2.45, 2.75) is 45.7 Å². The maximum absolute atomic E-state index is 13.7. The van der Waals surface area contributed by atoms with Gasteiger partial charge in [0.2, 0.25) is 0 Å². The number of ether oxygens (including phenoxy) is 1. The number of rotatable bonds is 9. The summed E-state index contributed by atoms with van der Waals surface area (Å²) in [6, 6.07) is 3.17. The number of esters is 1. The molecule has 2 aromatic rings. The van der Waals surface area contributed by atoms with Gasteiger partial charge in [-0.3, -0.25) is 9.59 Å².